The predicted molar refractivity (Wildman–Crippen MR) is 71.3 cm³/mol. The van der Waals surface area contributed by atoms with Crippen molar-refractivity contribution in [3.05, 3.63) is 17.7 Å². The average Bonchev–Trinajstić information content (AvgIpc) is 2.34. The molecule has 7 heteroatoms. The van der Waals surface area contributed by atoms with E-state index in [4.69, 9.17) is 49.0 Å². The molecule has 0 heterocycles. The normalized spacial score (nSPS) is 13.1. The van der Waals surface area contributed by atoms with Gasteiger partial charge in [-0.3, -0.25) is 0 Å². The fourth-order valence-corrected chi connectivity index (χ4v) is 1.79. The van der Waals surface area contributed by atoms with E-state index in [1.165, 1.54) is 21.3 Å². The molecule has 0 aliphatic heterocycles. The van der Waals surface area contributed by atoms with Crippen LogP contribution in [-0.4, -0.2) is 30.2 Å². The summed E-state index contributed by atoms with van der Waals surface area (Å²) in [5.74, 6) is 1.12. The molecule has 1 N–H and O–H groups in total. The van der Waals surface area contributed by atoms with Gasteiger partial charge in [-0.15, -0.1) is 0 Å². The molecule has 0 aromatic heterocycles. The highest BCUT2D eigenvalue weighted by atomic mass is 35.6. The fourth-order valence-electron chi connectivity index (χ4n) is 1.47. The minimum absolute atomic E-state index is 0.251. The Labute approximate surface area is 120 Å². The highest BCUT2D eigenvalue weighted by Gasteiger charge is 2.36. The van der Waals surface area contributed by atoms with Gasteiger partial charge in [0.2, 0.25) is 3.79 Å². The molecule has 1 aromatic carbocycles. The van der Waals surface area contributed by atoms with Gasteiger partial charge < -0.3 is 19.3 Å². The number of aliphatic hydroxyl groups is 1. The molecule has 0 saturated heterocycles. The smallest absolute Gasteiger partial charge is 0.220 e. The molecular formula is C11H13Cl3O4. The highest BCUT2D eigenvalue weighted by molar-refractivity contribution is 6.68. The third-order valence-electron chi connectivity index (χ3n) is 2.34. The van der Waals surface area contributed by atoms with E-state index in [0.717, 1.165) is 0 Å². The molecule has 18 heavy (non-hydrogen) atoms. The molecule has 0 aliphatic carbocycles. The van der Waals surface area contributed by atoms with E-state index in [1.807, 2.05) is 0 Å². The van der Waals surface area contributed by atoms with Crippen LogP contribution in [0.1, 0.15) is 11.7 Å². The second-order valence-corrected chi connectivity index (χ2v) is 5.76. The number of rotatable bonds is 4. The second-order valence-electron chi connectivity index (χ2n) is 3.39. The molecule has 0 radical (unpaired) electrons. The van der Waals surface area contributed by atoms with Crippen LogP contribution < -0.4 is 14.2 Å². The van der Waals surface area contributed by atoms with Crippen LogP contribution in [0.4, 0.5) is 0 Å². The Morgan fingerprint density at radius 2 is 1.44 bits per heavy atom. The lowest BCUT2D eigenvalue weighted by Gasteiger charge is -2.23. The highest BCUT2D eigenvalue weighted by Crippen LogP contribution is 2.47. The van der Waals surface area contributed by atoms with Crippen LogP contribution in [0.15, 0.2) is 12.1 Å². The van der Waals surface area contributed by atoms with Crippen LogP contribution in [0, 0.1) is 0 Å². The number of alkyl halides is 3. The molecule has 102 valence electrons. The Balaban J connectivity index is 3.40. The predicted octanol–water partition coefficient (Wildman–Crippen LogP) is 3.12. The van der Waals surface area contributed by atoms with Crippen molar-refractivity contribution in [3.8, 4) is 17.2 Å². The first kappa shape index (κ1) is 15.5. The van der Waals surface area contributed by atoms with Crippen LogP contribution in [0.3, 0.4) is 0 Å². The lowest BCUT2D eigenvalue weighted by atomic mass is 10.1. The van der Waals surface area contributed by atoms with E-state index in [9.17, 15) is 5.11 Å². The Kier molecular flexibility index (Phi) is 5.22. The molecule has 1 unspecified atom stereocenters. The topological polar surface area (TPSA) is 47.9 Å². The Morgan fingerprint density at radius 3 is 1.72 bits per heavy atom. The van der Waals surface area contributed by atoms with E-state index in [-0.39, 0.29) is 5.56 Å². The van der Waals surface area contributed by atoms with Gasteiger partial charge in [-0.2, -0.15) is 0 Å². The van der Waals surface area contributed by atoms with Crippen molar-refractivity contribution < 1.29 is 19.3 Å². The van der Waals surface area contributed by atoms with Crippen LogP contribution in [0.5, 0.6) is 17.2 Å². The Bertz CT molecular complexity index is 392. The van der Waals surface area contributed by atoms with Crippen molar-refractivity contribution in [1.82, 2.24) is 0 Å². The zero-order chi connectivity index (χ0) is 13.9. The van der Waals surface area contributed by atoms with Crippen molar-refractivity contribution in [1.29, 1.82) is 0 Å². The van der Waals surface area contributed by atoms with E-state index in [1.54, 1.807) is 12.1 Å². The maximum atomic E-state index is 10.0. The molecule has 1 atom stereocenters. The van der Waals surface area contributed by atoms with Gasteiger partial charge in [0.05, 0.1) is 26.9 Å². The van der Waals surface area contributed by atoms with Crippen molar-refractivity contribution >= 4 is 34.8 Å². The average molecular weight is 316 g/mol. The standard InChI is InChI=1S/C11H13Cl3O4/c1-16-6-4-7(17-2)9(8(5-6)18-3)10(15)11(12,13)14/h4-5,10,15H,1-3H3. The number of halogens is 3. The minimum Gasteiger partial charge on any atom is -0.496 e. The summed E-state index contributed by atoms with van der Waals surface area (Å²) in [6, 6.07) is 3.13. The molecule has 1 aromatic rings. The van der Waals surface area contributed by atoms with Gasteiger partial charge in [0.1, 0.15) is 23.4 Å². The van der Waals surface area contributed by atoms with E-state index in [0.29, 0.717) is 17.2 Å². The summed E-state index contributed by atoms with van der Waals surface area (Å²) in [7, 11) is 4.37. The number of hydrogen-bond donors (Lipinski definition) is 1. The van der Waals surface area contributed by atoms with Crippen LogP contribution >= 0.6 is 34.8 Å². The largest absolute Gasteiger partial charge is 0.496 e. The summed E-state index contributed by atoms with van der Waals surface area (Å²) in [6.45, 7) is 0. The van der Waals surface area contributed by atoms with Crippen molar-refractivity contribution in [2.24, 2.45) is 0 Å². The van der Waals surface area contributed by atoms with Crippen molar-refractivity contribution in [2.75, 3.05) is 21.3 Å². The molecule has 0 fully saturated rings. The van der Waals surface area contributed by atoms with Crippen LogP contribution in [0.25, 0.3) is 0 Å². The van der Waals surface area contributed by atoms with Gasteiger partial charge in [-0.25, -0.2) is 0 Å². The van der Waals surface area contributed by atoms with Gasteiger partial charge in [0, 0.05) is 12.1 Å². The molecule has 0 aliphatic rings. The van der Waals surface area contributed by atoms with Crippen molar-refractivity contribution in [2.45, 2.75) is 9.90 Å². The monoisotopic (exact) mass is 314 g/mol. The Morgan fingerprint density at radius 1 is 1.00 bits per heavy atom. The first-order chi connectivity index (χ1) is 8.35. The first-order valence-corrected chi connectivity index (χ1v) is 6.03. The first-order valence-electron chi connectivity index (χ1n) is 4.89. The summed E-state index contributed by atoms with van der Waals surface area (Å²) in [5.41, 5.74) is 0.251. The Hall–Kier alpha value is -0.550. The third-order valence-corrected chi connectivity index (χ3v) is 2.96. The van der Waals surface area contributed by atoms with Crippen molar-refractivity contribution in [3.63, 3.8) is 0 Å². The van der Waals surface area contributed by atoms with Crippen LogP contribution in [-0.2, 0) is 0 Å². The molecule has 0 spiro atoms. The van der Waals surface area contributed by atoms with Crippen LogP contribution in [0.2, 0.25) is 0 Å². The lowest BCUT2D eigenvalue weighted by Crippen LogP contribution is -2.18. The van der Waals surface area contributed by atoms with Gasteiger partial charge in [0.25, 0.3) is 0 Å². The van der Waals surface area contributed by atoms with Gasteiger partial charge in [0.15, 0.2) is 0 Å². The minimum atomic E-state index is -1.89. The zero-order valence-corrected chi connectivity index (χ0v) is 12.3. The summed E-state index contributed by atoms with van der Waals surface area (Å²) >= 11 is 17.1. The number of ether oxygens (including phenoxy) is 3. The quantitative estimate of drug-likeness (QED) is 0.867. The SMILES string of the molecule is COc1cc(OC)c(C(O)C(Cl)(Cl)Cl)c(OC)c1. The lowest BCUT2D eigenvalue weighted by molar-refractivity contribution is 0.173. The second kappa shape index (κ2) is 6.06. The molecule has 0 bridgehead atoms. The van der Waals surface area contributed by atoms with Gasteiger partial charge in [-0.05, 0) is 0 Å². The number of methoxy groups -OCH3 is 3. The zero-order valence-electron chi connectivity index (χ0n) is 10.0. The summed E-state index contributed by atoms with van der Waals surface area (Å²) in [6.07, 6.45) is -1.39. The fraction of sp³-hybridized carbons (Fsp3) is 0.455. The molecule has 0 amide bonds. The molecule has 0 saturated carbocycles. The summed E-state index contributed by atoms with van der Waals surface area (Å²) < 4.78 is 13.5. The number of hydrogen-bond acceptors (Lipinski definition) is 4. The third kappa shape index (κ3) is 3.26. The van der Waals surface area contributed by atoms with Gasteiger partial charge >= 0.3 is 0 Å². The number of aliphatic hydroxyl groups excluding tert-OH is 1. The maximum absolute atomic E-state index is 10.0. The summed E-state index contributed by atoms with van der Waals surface area (Å²) in [4.78, 5) is 0. The molecular weight excluding hydrogens is 302 g/mol. The van der Waals surface area contributed by atoms with E-state index < -0.39 is 9.90 Å². The molecule has 4 nitrogen and oxygen atoms in total. The van der Waals surface area contributed by atoms with E-state index in [2.05, 4.69) is 0 Å². The van der Waals surface area contributed by atoms with Gasteiger partial charge in [-0.1, -0.05) is 34.8 Å². The maximum Gasteiger partial charge on any atom is 0.220 e. The molecule has 1 rings (SSSR count). The number of benzene rings is 1. The summed E-state index contributed by atoms with van der Waals surface area (Å²) in [5, 5.41) is 10.0. The van der Waals surface area contributed by atoms with E-state index >= 15 is 0 Å².